The van der Waals surface area contributed by atoms with E-state index in [1.54, 1.807) is 18.2 Å². The van der Waals surface area contributed by atoms with E-state index in [2.05, 4.69) is 12.1 Å². The van der Waals surface area contributed by atoms with E-state index in [1.807, 2.05) is 42.5 Å². The molecule has 0 saturated heterocycles. The molecule has 3 aromatic carbocycles. The number of carbonyl (C=O) groups excluding carboxylic acids is 1. The Bertz CT molecular complexity index is 923. The van der Waals surface area contributed by atoms with E-state index in [-0.39, 0.29) is 6.61 Å². The van der Waals surface area contributed by atoms with Crippen molar-refractivity contribution in [2.24, 2.45) is 0 Å². The van der Waals surface area contributed by atoms with Gasteiger partial charge in [-0.25, -0.2) is 4.79 Å². The standard InChI is InChI=1S/C21H17BO4/c23-21(18-10-11-19-14-26-22(24)20(19)12-18)25-13-15-6-8-17(9-7-15)16-4-2-1-3-5-16/h1-12,24H,13-14H2. The topological polar surface area (TPSA) is 55.8 Å². The van der Waals surface area contributed by atoms with E-state index < -0.39 is 13.1 Å². The summed E-state index contributed by atoms with van der Waals surface area (Å²) in [6, 6.07) is 23.2. The molecule has 0 bridgehead atoms. The molecule has 1 aliphatic heterocycles. The van der Waals surface area contributed by atoms with Crippen LogP contribution in [0.3, 0.4) is 0 Å². The van der Waals surface area contributed by atoms with Crippen LogP contribution in [0, 0.1) is 0 Å². The summed E-state index contributed by atoms with van der Waals surface area (Å²) in [4.78, 5) is 12.3. The Kier molecular flexibility index (Phi) is 4.56. The molecule has 1 heterocycles. The summed E-state index contributed by atoms with van der Waals surface area (Å²) < 4.78 is 10.5. The molecule has 128 valence electrons. The second-order valence-corrected chi connectivity index (χ2v) is 6.22. The lowest BCUT2D eigenvalue weighted by Gasteiger charge is -2.08. The van der Waals surface area contributed by atoms with Gasteiger partial charge in [0.1, 0.15) is 6.61 Å². The average Bonchev–Trinajstić information content (AvgIpc) is 3.07. The highest BCUT2D eigenvalue weighted by Crippen LogP contribution is 2.20. The first-order valence-corrected chi connectivity index (χ1v) is 8.45. The van der Waals surface area contributed by atoms with Crippen molar-refractivity contribution < 1.29 is 19.2 Å². The fraction of sp³-hybridized carbons (Fsp3) is 0.0952. The fourth-order valence-electron chi connectivity index (χ4n) is 3.00. The quantitative estimate of drug-likeness (QED) is 0.584. The van der Waals surface area contributed by atoms with Crippen molar-refractivity contribution in [1.29, 1.82) is 0 Å². The molecule has 0 spiro atoms. The molecule has 5 heteroatoms. The largest absolute Gasteiger partial charge is 0.491 e. The lowest BCUT2D eigenvalue weighted by atomic mass is 9.79. The molecule has 0 saturated carbocycles. The van der Waals surface area contributed by atoms with Gasteiger partial charge in [-0.2, -0.15) is 0 Å². The van der Waals surface area contributed by atoms with Crippen molar-refractivity contribution in [3.05, 3.63) is 89.5 Å². The van der Waals surface area contributed by atoms with E-state index in [9.17, 15) is 9.82 Å². The van der Waals surface area contributed by atoms with Crippen LogP contribution in [-0.4, -0.2) is 18.1 Å². The summed E-state index contributed by atoms with van der Waals surface area (Å²) in [6.45, 7) is 0.559. The number of carbonyl (C=O) groups is 1. The zero-order valence-electron chi connectivity index (χ0n) is 14.1. The van der Waals surface area contributed by atoms with Gasteiger partial charge in [-0.15, -0.1) is 0 Å². The first kappa shape index (κ1) is 16.6. The first-order chi connectivity index (χ1) is 12.7. The maximum Gasteiger partial charge on any atom is 0.491 e. The molecule has 1 N–H and O–H groups in total. The zero-order valence-corrected chi connectivity index (χ0v) is 14.1. The SMILES string of the molecule is O=C(OCc1ccc(-c2ccccc2)cc1)c1ccc2c(c1)B(O)OC2. The maximum absolute atomic E-state index is 12.3. The summed E-state index contributed by atoms with van der Waals surface area (Å²) >= 11 is 0. The molecule has 0 fully saturated rings. The highest BCUT2D eigenvalue weighted by molar-refractivity contribution is 6.61. The third kappa shape index (κ3) is 3.40. The number of hydrogen-bond donors (Lipinski definition) is 1. The Morgan fingerprint density at radius 3 is 2.50 bits per heavy atom. The van der Waals surface area contributed by atoms with Gasteiger partial charge in [-0.3, -0.25) is 0 Å². The second-order valence-electron chi connectivity index (χ2n) is 6.22. The van der Waals surface area contributed by atoms with Crippen molar-refractivity contribution in [3.8, 4) is 11.1 Å². The van der Waals surface area contributed by atoms with Crippen molar-refractivity contribution in [2.75, 3.05) is 0 Å². The van der Waals surface area contributed by atoms with Crippen molar-refractivity contribution >= 4 is 18.6 Å². The Hall–Kier alpha value is -2.89. The Labute approximate surface area is 152 Å². The lowest BCUT2D eigenvalue weighted by Crippen LogP contribution is -2.28. The number of rotatable bonds is 4. The molecular formula is C21H17BO4. The number of hydrogen-bond acceptors (Lipinski definition) is 4. The van der Waals surface area contributed by atoms with Crippen LogP contribution in [0.2, 0.25) is 0 Å². The molecule has 4 nitrogen and oxygen atoms in total. The number of fused-ring (bicyclic) bond motifs is 1. The van der Waals surface area contributed by atoms with Gasteiger partial charge in [0.15, 0.2) is 0 Å². The highest BCUT2D eigenvalue weighted by atomic mass is 16.5. The molecule has 26 heavy (non-hydrogen) atoms. The molecule has 0 radical (unpaired) electrons. The molecule has 0 unspecified atom stereocenters. The third-order valence-electron chi connectivity index (χ3n) is 4.48. The Morgan fingerprint density at radius 2 is 1.73 bits per heavy atom. The smallest absolute Gasteiger partial charge is 0.457 e. The number of ether oxygens (including phenoxy) is 1. The highest BCUT2D eigenvalue weighted by Gasteiger charge is 2.28. The van der Waals surface area contributed by atoms with Crippen LogP contribution in [0.5, 0.6) is 0 Å². The molecule has 0 aromatic heterocycles. The lowest BCUT2D eigenvalue weighted by molar-refractivity contribution is 0.0473. The molecular weight excluding hydrogens is 327 g/mol. The normalized spacial score (nSPS) is 12.7. The van der Waals surface area contributed by atoms with E-state index in [4.69, 9.17) is 9.39 Å². The van der Waals surface area contributed by atoms with Crippen molar-refractivity contribution in [3.63, 3.8) is 0 Å². The first-order valence-electron chi connectivity index (χ1n) is 8.45. The molecule has 0 atom stereocenters. The molecule has 0 amide bonds. The van der Waals surface area contributed by atoms with Crippen LogP contribution in [0.25, 0.3) is 11.1 Å². The van der Waals surface area contributed by atoms with Gasteiger partial charge in [0.2, 0.25) is 0 Å². The van der Waals surface area contributed by atoms with Gasteiger partial charge >= 0.3 is 13.1 Å². The predicted octanol–water partition coefficient (Wildman–Crippen LogP) is 2.93. The van der Waals surface area contributed by atoms with E-state index in [0.29, 0.717) is 17.6 Å². The minimum atomic E-state index is -0.969. The Balaban J connectivity index is 1.41. The van der Waals surface area contributed by atoms with Gasteiger partial charge in [0.05, 0.1) is 12.2 Å². The summed E-state index contributed by atoms with van der Waals surface area (Å²) in [5.74, 6) is -0.418. The van der Waals surface area contributed by atoms with Crippen LogP contribution in [0.4, 0.5) is 0 Å². The van der Waals surface area contributed by atoms with E-state index >= 15 is 0 Å². The second kappa shape index (κ2) is 7.16. The molecule has 4 rings (SSSR count). The van der Waals surface area contributed by atoms with Gasteiger partial charge in [-0.1, -0.05) is 60.7 Å². The van der Waals surface area contributed by atoms with E-state index in [1.165, 1.54) is 0 Å². The maximum atomic E-state index is 12.3. The third-order valence-corrected chi connectivity index (χ3v) is 4.48. The fourth-order valence-corrected chi connectivity index (χ4v) is 3.00. The van der Waals surface area contributed by atoms with Gasteiger partial charge in [-0.05, 0) is 39.8 Å². The minimum Gasteiger partial charge on any atom is -0.457 e. The zero-order chi connectivity index (χ0) is 17.9. The number of benzene rings is 3. The summed E-state index contributed by atoms with van der Waals surface area (Å²) in [7, 11) is -0.969. The number of esters is 1. The monoisotopic (exact) mass is 344 g/mol. The molecule has 1 aliphatic rings. The Morgan fingerprint density at radius 1 is 1.00 bits per heavy atom. The van der Waals surface area contributed by atoms with Crippen LogP contribution >= 0.6 is 0 Å². The van der Waals surface area contributed by atoms with Crippen LogP contribution in [0.15, 0.2) is 72.8 Å². The summed E-state index contributed by atoms with van der Waals surface area (Å²) in [5.41, 5.74) is 5.12. The average molecular weight is 344 g/mol. The van der Waals surface area contributed by atoms with Gasteiger partial charge < -0.3 is 14.4 Å². The van der Waals surface area contributed by atoms with E-state index in [0.717, 1.165) is 22.3 Å². The van der Waals surface area contributed by atoms with Gasteiger partial charge in [0, 0.05) is 0 Å². The molecule has 0 aliphatic carbocycles. The molecule has 3 aromatic rings. The minimum absolute atomic E-state index is 0.198. The predicted molar refractivity (Wildman–Crippen MR) is 99.8 cm³/mol. The van der Waals surface area contributed by atoms with Crippen molar-refractivity contribution in [1.82, 2.24) is 0 Å². The van der Waals surface area contributed by atoms with Gasteiger partial charge in [0.25, 0.3) is 0 Å². The summed E-state index contributed by atoms with van der Waals surface area (Å²) in [6.07, 6.45) is 0. The van der Waals surface area contributed by atoms with Crippen LogP contribution < -0.4 is 5.46 Å². The van der Waals surface area contributed by atoms with Crippen molar-refractivity contribution in [2.45, 2.75) is 13.2 Å². The summed E-state index contributed by atoms with van der Waals surface area (Å²) in [5, 5.41) is 9.74. The van der Waals surface area contributed by atoms with Crippen LogP contribution in [-0.2, 0) is 22.6 Å². The van der Waals surface area contributed by atoms with Crippen LogP contribution in [0.1, 0.15) is 21.5 Å².